The maximum atomic E-state index is 4.85. The Morgan fingerprint density at radius 1 is 0.625 bits per heavy atom. The molecule has 0 radical (unpaired) electrons. The zero-order valence-corrected chi connectivity index (χ0v) is 22.7. The Hall–Kier alpha value is -1.49. The molecule has 32 heavy (non-hydrogen) atoms. The average molecular weight is 567 g/mol. The van der Waals surface area contributed by atoms with Gasteiger partial charge in [-0.2, -0.15) is 0 Å². The molecular formula is C28H28Cl2PRu+. The van der Waals surface area contributed by atoms with Crippen molar-refractivity contribution in [2.45, 2.75) is 26.7 Å². The number of hydrogen-bond donors (Lipinski definition) is 0. The molecule has 0 saturated heterocycles. The van der Waals surface area contributed by atoms with Gasteiger partial charge in [0.15, 0.2) is 0 Å². The molecule has 0 bridgehead atoms. The van der Waals surface area contributed by atoms with E-state index >= 15 is 0 Å². The average Bonchev–Trinajstić information content (AvgIpc) is 2.83. The topological polar surface area (TPSA) is 0 Å². The van der Waals surface area contributed by atoms with Gasteiger partial charge in [-0.05, 0) is 60.9 Å². The van der Waals surface area contributed by atoms with Crippen molar-refractivity contribution in [2.24, 2.45) is 0 Å². The SMILES string of the molecule is Cc1ccc([P+](c2ccccc2)(c2ccccc2)c2ccccc2)c(C(C)C)c1.[Cl][Ru][Cl]. The molecule has 0 spiro atoms. The Morgan fingerprint density at radius 2 is 1.00 bits per heavy atom. The van der Waals surface area contributed by atoms with Gasteiger partial charge < -0.3 is 0 Å². The normalized spacial score (nSPS) is 11.2. The number of rotatable bonds is 5. The molecule has 0 aliphatic heterocycles. The van der Waals surface area contributed by atoms with Crippen LogP contribution < -0.4 is 21.2 Å². The number of halogens is 2. The zero-order valence-electron chi connectivity index (χ0n) is 18.5. The molecule has 0 saturated carbocycles. The first-order valence-electron chi connectivity index (χ1n) is 10.6. The third-order valence-electron chi connectivity index (χ3n) is 5.60. The Balaban J connectivity index is 0.000000913. The summed E-state index contributed by atoms with van der Waals surface area (Å²) < 4.78 is 0. The van der Waals surface area contributed by atoms with E-state index in [0.717, 1.165) is 0 Å². The van der Waals surface area contributed by atoms with Crippen LogP contribution >= 0.6 is 26.6 Å². The van der Waals surface area contributed by atoms with Gasteiger partial charge in [0.05, 0.1) is 0 Å². The van der Waals surface area contributed by atoms with Crippen molar-refractivity contribution < 1.29 is 15.1 Å². The van der Waals surface area contributed by atoms with Crippen molar-refractivity contribution in [3.05, 3.63) is 120 Å². The molecule has 0 unspecified atom stereocenters. The van der Waals surface area contributed by atoms with Gasteiger partial charge in [0.1, 0.15) is 28.5 Å². The maximum absolute atomic E-state index is 4.85. The van der Waals surface area contributed by atoms with Crippen LogP contribution in [0, 0.1) is 6.92 Å². The summed E-state index contributed by atoms with van der Waals surface area (Å²) in [5.74, 6) is 0.459. The fourth-order valence-corrected chi connectivity index (χ4v) is 8.86. The summed E-state index contributed by atoms with van der Waals surface area (Å²) in [7, 11) is 7.69. The molecule has 0 atom stereocenters. The van der Waals surface area contributed by atoms with Crippen LogP contribution in [0.5, 0.6) is 0 Å². The van der Waals surface area contributed by atoms with Crippen molar-refractivity contribution in [2.75, 3.05) is 0 Å². The van der Waals surface area contributed by atoms with E-state index in [1.54, 1.807) is 0 Å². The van der Waals surface area contributed by atoms with E-state index in [-0.39, 0.29) is 15.1 Å². The van der Waals surface area contributed by atoms with Crippen molar-refractivity contribution in [1.82, 2.24) is 0 Å². The molecule has 0 aliphatic carbocycles. The van der Waals surface area contributed by atoms with Gasteiger partial charge in [0.25, 0.3) is 0 Å². The van der Waals surface area contributed by atoms with E-state index in [4.69, 9.17) is 19.4 Å². The molecule has 4 aromatic rings. The predicted octanol–water partition coefficient (Wildman–Crippen LogP) is 7.11. The minimum atomic E-state index is -2.02. The monoisotopic (exact) mass is 567 g/mol. The number of aryl methyl sites for hydroxylation is 1. The Bertz CT molecular complexity index is 1000. The number of benzene rings is 4. The molecule has 0 nitrogen and oxygen atoms in total. The molecule has 0 amide bonds. The fraction of sp³-hybridized carbons (Fsp3) is 0.143. The van der Waals surface area contributed by atoms with E-state index in [1.807, 2.05) is 0 Å². The van der Waals surface area contributed by atoms with Crippen molar-refractivity contribution in [3.8, 4) is 0 Å². The van der Waals surface area contributed by atoms with Gasteiger partial charge in [0.2, 0.25) is 0 Å². The molecular weight excluding hydrogens is 539 g/mol. The van der Waals surface area contributed by atoms with Crippen LogP contribution in [-0.2, 0) is 15.1 Å². The summed E-state index contributed by atoms with van der Waals surface area (Å²) >= 11 is -0.346. The summed E-state index contributed by atoms with van der Waals surface area (Å²) in [6, 6.07) is 40.4. The quantitative estimate of drug-likeness (QED) is 0.178. The van der Waals surface area contributed by atoms with Crippen LogP contribution in [0.15, 0.2) is 109 Å². The first-order chi connectivity index (χ1) is 15.6. The van der Waals surface area contributed by atoms with E-state index in [0.29, 0.717) is 5.92 Å². The van der Waals surface area contributed by atoms with E-state index < -0.39 is 7.26 Å². The van der Waals surface area contributed by atoms with Gasteiger partial charge in [0, 0.05) is 0 Å². The molecule has 4 heteroatoms. The third kappa shape index (κ3) is 5.35. The van der Waals surface area contributed by atoms with Crippen LogP contribution in [0.25, 0.3) is 0 Å². The van der Waals surface area contributed by atoms with E-state index in [9.17, 15) is 0 Å². The van der Waals surface area contributed by atoms with E-state index in [2.05, 4.69) is 130 Å². The molecule has 0 aliphatic rings. The van der Waals surface area contributed by atoms with Crippen molar-refractivity contribution in [3.63, 3.8) is 0 Å². The van der Waals surface area contributed by atoms with Gasteiger partial charge in [-0.3, -0.25) is 0 Å². The second-order valence-electron chi connectivity index (χ2n) is 7.94. The van der Waals surface area contributed by atoms with Crippen molar-refractivity contribution in [1.29, 1.82) is 0 Å². The Kier molecular flexibility index (Phi) is 9.51. The second-order valence-corrected chi connectivity index (χ2v) is 14.0. The summed E-state index contributed by atoms with van der Waals surface area (Å²) in [5.41, 5.74) is 2.78. The van der Waals surface area contributed by atoms with Crippen LogP contribution in [0.1, 0.15) is 30.9 Å². The number of hydrogen-bond acceptors (Lipinski definition) is 0. The van der Waals surface area contributed by atoms with E-state index in [1.165, 1.54) is 32.3 Å². The Morgan fingerprint density at radius 3 is 1.34 bits per heavy atom. The molecule has 0 aromatic heterocycles. The molecule has 0 N–H and O–H groups in total. The molecule has 0 fully saturated rings. The van der Waals surface area contributed by atoms with Gasteiger partial charge in [-0.15, -0.1) is 0 Å². The molecule has 166 valence electrons. The summed E-state index contributed by atoms with van der Waals surface area (Å²) in [4.78, 5) is 0. The first-order valence-corrected chi connectivity index (χ1v) is 16.8. The van der Waals surface area contributed by atoms with Crippen LogP contribution in [0.4, 0.5) is 0 Å². The fourth-order valence-electron chi connectivity index (χ4n) is 4.26. The summed E-state index contributed by atoms with van der Waals surface area (Å²) in [6.07, 6.45) is 0. The van der Waals surface area contributed by atoms with Gasteiger partial charge >= 0.3 is 34.5 Å². The van der Waals surface area contributed by atoms with Gasteiger partial charge in [-0.1, -0.05) is 86.1 Å². The molecule has 4 rings (SSSR count). The molecule has 0 heterocycles. The zero-order chi connectivity index (χ0) is 23.0. The van der Waals surface area contributed by atoms with Crippen LogP contribution in [-0.4, -0.2) is 0 Å². The minimum absolute atomic E-state index is 0.346. The predicted molar refractivity (Wildman–Crippen MR) is 142 cm³/mol. The standard InChI is InChI=1S/C28H28P.2ClH.Ru/c1-22(2)27-21-23(3)19-20-28(27)29(24-13-7-4-8-14-24,25-15-9-5-10-16-25)26-17-11-6-12-18-26;;;/h4-22H,1-3H3;2*1H;/q+1;;;+2/p-2. The third-order valence-corrected chi connectivity index (χ3v) is 9.95. The summed E-state index contributed by atoms with van der Waals surface area (Å²) in [6.45, 7) is 6.82. The Labute approximate surface area is 209 Å². The van der Waals surface area contributed by atoms with Gasteiger partial charge in [-0.25, -0.2) is 0 Å². The van der Waals surface area contributed by atoms with Crippen molar-refractivity contribution >= 4 is 47.9 Å². The second kappa shape index (κ2) is 12.1. The first kappa shape index (κ1) is 25.1. The molecule has 4 aromatic carbocycles. The van der Waals surface area contributed by atoms with Crippen LogP contribution in [0.3, 0.4) is 0 Å². The van der Waals surface area contributed by atoms with Crippen LogP contribution in [0.2, 0.25) is 0 Å². The summed E-state index contributed by atoms with van der Waals surface area (Å²) in [5, 5.41) is 5.69.